The van der Waals surface area contributed by atoms with Crippen molar-refractivity contribution in [1.29, 1.82) is 0 Å². The fraction of sp³-hybridized carbons (Fsp3) is 0.273. The van der Waals surface area contributed by atoms with Crippen LogP contribution in [0.1, 0.15) is 5.56 Å². The Labute approximate surface area is 124 Å². The molecule has 0 saturated heterocycles. The van der Waals surface area contributed by atoms with Crippen LogP contribution in [0.3, 0.4) is 0 Å². The van der Waals surface area contributed by atoms with Crippen LogP contribution < -0.4 is 5.32 Å². The van der Waals surface area contributed by atoms with E-state index in [1.807, 2.05) is 25.4 Å². The summed E-state index contributed by atoms with van der Waals surface area (Å²) < 4.78 is 1.89. The van der Waals surface area contributed by atoms with Gasteiger partial charge in [-0.3, -0.25) is 0 Å². The molecule has 7 heteroatoms. The van der Waals surface area contributed by atoms with Crippen molar-refractivity contribution in [3.8, 4) is 0 Å². The molecule has 0 spiro atoms. The van der Waals surface area contributed by atoms with Gasteiger partial charge in [0.1, 0.15) is 0 Å². The molecule has 1 aromatic heterocycles. The molecule has 1 heterocycles. The Hall–Kier alpha value is -0.270. The van der Waals surface area contributed by atoms with E-state index in [0.717, 1.165) is 25.1 Å². The molecule has 3 nitrogen and oxygen atoms in total. The van der Waals surface area contributed by atoms with Crippen LogP contribution in [0.15, 0.2) is 31.8 Å². The molecule has 0 aliphatic rings. The minimum absolute atomic E-state index is 0.758. The highest BCUT2D eigenvalue weighted by Gasteiger charge is 2.11. The van der Waals surface area contributed by atoms with E-state index < -0.39 is 0 Å². The highest BCUT2D eigenvalue weighted by Crippen LogP contribution is 2.38. The summed E-state index contributed by atoms with van der Waals surface area (Å²) in [5.41, 5.74) is 1.18. The molecule has 0 aliphatic carbocycles. The van der Waals surface area contributed by atoms with Gasteiger partial charge in [-0.05, 0) is 24.9 Å². The molecular weight excluding hydrogens is 306 g/mol. The standard InChI is InChI=1S/C11H12ClN3S3/c1-13-6-7-4-3-5-8(12)9(7)17-11-15-14-10(16-2)18-11/h3-5,13H,6H2,1-2H3. The molecule has 0 unspecified atom stereocenters. The maximum atomic E-state index is 6.26. The van der Waals surface area contributed by atoms with Gasteiger partial charge in [-0.25, -0.2) is 0 Å². The number of aromatic nitrogens is 2. The van der Waals surface area contributed by atoms with Crippen LogP contribution in [-0.4, -0.2) is 23.5 Å². The van der Waals surface area contributed by atoms with E-state index >= 15 is 0 Å². The zero-order chi connectivity index (χ0) is 13.0. The van der Waals surface area contributed by atoms with Crippen LogP contribution in [0, 0.1) is 0 Å². The Morgan fingerprint density at radius 2 is 2.11 bits per heavy atom. The Bertz CT molecular complexity index is 530. The maximum Gasteiger partial charge on any atom is 0.179 e. The van der Waals surface area contributed by atoms with E-state index in [-0.39, 0.29) is 0 Å². The van der Waals surface area contributed by atoms with Crippen LogP contribution in [0.25, 0.3) is 0 Å². The third kappa shape index (κ3) is 3.39. The SMILES string of the molecule is CNCc1cccc(Cl)c1Sc1nnc(SC)s1. The first kappa shape index (κ1) is 14.1. The monoisotopic (exact) mass is 317 g/mol. The fourth-order valence-electron chi connectivity index (χ4n) is 1.41. The summed E-state index contributed by atoms with van der Waals surface area (Å²) in [6.07, 6.45) is 2.00. The Morgan fingerprint density at radius 3 is 2.78 bits per heavy atom. The van der Waals surface area contributed by atoms with E-state index in [1.165, 1.54) is 5.56 Å². The van der Waals surface area contributed by atoms with Crippen molar-refractivity contribution >= 4 is 46.5 Å². The van der Waals surface area contributed by atoms with E-state index in [2.05, 4.69) is 21.6 Å². The van der Waals surface area contributed by atoms with Crippen LogP contribution in [0.4, 0.5) is 0 Å². The average molecular weight is 318 g/mol. The number of hydrogen-bond donors (Lipinski definition) is 1. The number of thioether (sulfide) groups is 1. The van der Waals surface area contributed by atoms with E-state index in [1.54, 1.807) is 34.9 Å². The fourth-order valence-corrected chi connectivity index (χ4v) is 4.23. The Kier molecular flexibility index (Phi) is 5.32. The second kappa shape index (κ2) is 6.77. The zero-order valence-electron chi connectivity index (χ0n) is 9.94. The normalized spacial score (nSPS) is 10.8. The van der Waals surface area contributed by atoms with Crippen LogP contribution in [0.5, 0.6) is 0 Å². The number of rotatable bonds is 5. The van der Waals surface area contributed by atoms with E-state index in [0.29, 0.717) is 0 Å². The number of nitrogens with one attached hydrogen (secondary N) is 1. The molecule has 2 aromatic rings. The van der Waals surface area contributed by atoms with Gasteiger partial charge in [0, 0.05) is 11.4 Å². The maximum absolute atomic E-state index is 6.26. The lowest BCUT2D eigenvalue weighted by atomic mass is 10.2. The summed E-state index contributed by atoms with van der Waals surface area (Å²) in [7, 11) is 1.92. The van der Waals surface area contributed by atoms with Crippen molar-refractivity contribution in [3.63, 3.8) is 0 Å². The molecule has 96 valence electrons. The van der Waals surface area contributed by atoms with Crippen LogP contribution in [-0.2, 0) is 6.54 Å². The molecular formula is C11H12ClN3S3. The molecule has 2 rings (SSSR count). The van der Waals surface area contributed by atoms with Crippen molar-refractivity contribution < 1.29 is 0 Å². The molecule has 1 aromatic carbocycles. The summed E-state index contributed by atoms with van der Waals surface area (Å²) >= 11 is 11.0. The van der Waals surface area contributed by atoms with Crippen LogP contribution >= 0.6 is 46.5 Å². The molecule has 0 saturated carbocycles. The lowest BCUT2D eigenvalue weighted by Gasteiger charge is -2.08. The molecule has 0 aliphatic heterocycles. The van der Waals surface area contributed by atoms with E-state index in [9.17, 15) is 0 Å². The highest BCUT2D eigenvalue weighted by molar-refractivity contribution is 8.03. The summed E-state index contributed by atoms with van der Waals surface area (Å²) in [5, 5.41) is 12.1. The summed E-state index contributed by atoms with van der Waals surface area (Å²) in [6.45, 7) is 0.789. The second-order valence-electron chi connectivity index (χ2n) is 3.40. The average Bonchev–Trinajstić information content (AvgIpc) is 2.82. The summed E-state index contributed by atoms with van der Waals surface area (Å²) in [6, 6.07) is 5.94. The topological polar surface area (TPSA) is 37.8 Å². The van der Waals surface area contributed by atoms with Gasteiger partial charge in [-0.1, -0.05) is 58.6 Å². The molecule has 0 fully saturated rings. The summed E-state index contributed by atoms with van der Waals surface area (Å²) in [4.78, 5) is 1.05. The predicted octanol–water partition coefficient (Wildman–Crippen LogP) is 3.78. The van der Waals surface area contributed by atoms with Gasteiger partial charge in [0.25, 0.3) is 0 Å². The second-order valence-corrected chi connectivity index (χ2v) is 7.09. The Balaban J connectivity index is 2.26. The molecule has 0 bridgehead atoms. The van der Waals surface area contributed by atoms with Gasteiger partial charge in [0.15, 0.2) is 8.68 Å². The molecule has 0 amide bonds. The highest BCUT2D eigenvalue weighted by atomic mass is 35.5. The van der Waals surface area contributed by atoms with Gasteiger partial charge in [-0.15, -0.1) is 10.2 Å². The van der Waals surface area contributed by atoms with Gasteiger partial charge in [0.2, 0.25) is 0 Å². The first-order chi connectivity index (χ1) is 8.74. The van der Waals surface area contributed by atoms with Crippen molar-refractivity contribution in [3.05, 3.63) is 28.8 Å². The van der Waals surface area contributed by atoms with Crippen molar-refractivity contribution in [2.45, 2.75) is 20.1 Å². The molecule has 18 heavy (non-hydrogen) atoms. The minimum atomic E-state index is 0.758. The zero-order valence-corrected chi connectivity index (χ0v) is 13.1. The quantitative estimate of drug-likeness (QED) is 0.849. The first-order valence-electron chi connectivity index (χ1n) is 5.22. The molecule has 1 N–H and O–H groups in total. The Morgan fingerprint density at radius 1 is 1.33 bits per heavy atom. The van der Waals surface area contributed by atoms with E-state index in [4.69, 9.17) is 11.6 Å². The lowest BCUT2D eigenvalue weighted by Crippen LogP contribution is -2.06. The number of benzene rings is 1. The predicted molar refractivity (Wildman–Crippen MR) is 80.0 cm³/mol. The van der Waals surface area contributed by atoms with Gasteiger partial charge in [0.05, 0.1) is 5.02 Å². The number of hydrogen-bond acceptors (Lipinski definition) is 6. The first-order valence-corrected chi connectivity index (χ1v) is 8.45. The van der Waals surface area contributed by atoms with Crippen molar-refractivity contribution in [2.75, 3.05) is 13.3 Å². The number of halogens is 1. The largest absolute Gasteiger partial charge is 0.316 e. The van der Waals surface area contributed by atoms with Crippen LogP contribution in [0.2, 0.25) is 5.02 Å². The smallest absolute Gasteiger partial charge is 0.179 e. The number of nitrogens with zero attached hydrogens (tertiary/aromatic N) is 2. The molecule has 0 atom stereocenters. The third-order valence-electron chi connectivity index (χ3n) is 2.17. The van der Waals surface area contributed by atoms with Crippen molar-refractivity contribution in [2.24, 2.45) is 0 Å². The van der Waals surface area contributed by atoms with Crippen molar-refractivity contribution in [1.82, 2.24) is 15.5 Å². The summed E-state index contributed by atoms with van der Waals surface area (Å²) in [5.74, 6) is 0. The molecule has 0 radical (unpaired) electrons. The third-order valence-corrected chi connectivity index (χ3v) is 5.73. The van der Waals surface area contributed by atoms with Gasteiger partial charge >= 0.3 is 0 Å². The van der Waals surface area contributed by atoms with Gasteiger partial charge in [-0.2, -0.15) is 0 Å². The lowest BCUT2D eigenvalue weighted by molar-refractivity contribution is 0.803. The minimum Gasteiger partial charge on any atom is -0.316 e. The van der Waals surface area contributed by atoms with Gasteiger partial charge < -0.3 is 5.32 Å².